The zero-order valence-electron chi connectivity index (χ0n) is 14.9. The van der Waals surface area contributed by atoms with Gasteiger partial charge in [0, 0.05) is 24.5 Å². The Labute approximate surface area is 149 Å². The van der Waals surface area contributed by atoms with Gasteiger partial charge in [-0.25, -0.2) is 0 Å². The maximum Gasteiger partial charge on any atom is 0.178 e. The van der Waals surface area contributed by atoms with Gasteiger partial charge in [-0.05, 0) is 57.2 Å². The van der Waals surface area contributed by atoms with E-state index in [4.69, 9.17) is 5.10 Å². The maximum absolute atomic E-state index is 4.79. The summed E-state index contributed by atoms with van der Waals surface area (Å²) in [5.74, 6) is 2.56. The molecule has 0 aromatic carbocycles. The first kappa shape index (κ1) is 15.6. The first-order chi connectivity index (χ1) is 12.4. The molecule has 3 aliphatic rings. The third kappa shape index (κ3) is 3.24. The second-order valence-electron chi connectivity index (χ2n) is 8.09. The number of hydrogen-bond donors (Lipinski definition) is 1. The van der Waals surface area contributed by atoms with Gasteiger partial charge in [-0.1, -0.05) is 19.3 Å². The van der Waals surface area contributed by atoms with Crippen molar-refractivity contribution in [1.82, 2.24) is 24.7 Å². The van der Waals surface area contributed by atoms with Crippen molar-refractivity contribution in [3.05, 3.63) is 18.0 Å². The van der Waals surface area contributed by atoms with Crippen LogP contribution in [-0.2, 0) is 0 Å². The van der Waals surface area contributed by atoms with E-state index in [2.05, 4.69) is 26.5 Å². The second kappa shape index (κ2) is 6.56. The molecule has 1 atom stereocenters. The number of aromatic nitrogens is 4. The van der Waals surface area contributed by atoms with Gasteiger partial charge in [0.25, 0.3) is 0 Å². The molecule has 2 aromatic heterocycles. The van der Waals surface area contributed by atoms with Crippen LogP contribution in [-0.4, -0.2) is 49.9 Å². The van der Waals surface area contributed by atoms with Crippen molar-refractivity contribution in [3.8, 4) is 0 Å². The van der Waals surface area contributed by atoms with E-state index in [-0.39, 0.29) is 0 Å². The topological polar surface area (TPSA) is 58.4 Å². The van der Waals surface area contributed by atoms with Crippen LogP contribution in [0.4, 0.5) is 5.82 Å². The van der Waals surface area contributed by atoms with E-state index in [9.17, 15) is 0 Å². The Morgan fingerprint density at radius 1 is 0.920 bits per heavy atom. The lowest BCUT2D eigenvalue weighted by molar-refractivity contribution is 0.124. The van der Waals surface area contributed by atoms with Crippen LogP contribution in [0.2, 0.25) is 0 Å². The summed E-state index contributed by atoms with van der Waals surface area (Å²) in [4.78, 5) is 2.73. The summed E-state index contributed by atoms with van der Waals surface area (Å²) in [5.41, 5.74) is 0.861. The molecule has 1 aliphatic heterocycles. The van der Waals surface area contributed by atoms with E-state index in [1.54, 1.807) is 0 Å². The minimum atomic E-state index is 0.501. The van der Waals surface area contributed by atoms with Crippen LogP contribution < -0.4 is 5.32 Å². The van der Waals surface area contributed by atoms with E-state index >= 15 is 0 Å². The van der Waals surface area contributed by atoms with Gasteiger partial charge in [-0.3, -0.25) is 4.90 Å². The highest BCUT2D eigenvalue weighted by atomic mass is 15.4. The molecule has 1 unspecified atom stereocenters. The lowest BCUT2D eigenvalue weighted by Crippen LogP contribution is -2.47. The van der Waals surface area contributed by atoms with Crippen molar-refractivity contribution in [3.63, 3.8) is 0 Å². The van der Waals surface area contributed by atoms with Crippen molar-refractivity contribution in [2.75, 3.05) is 18.4 Å². The summed E-state index contributed by atoms with van der Waals surface area (Å²) in [6.07, 6.45) is 12.0. The number of piperidine rings is 1. The molecule has 0 radical (unpaired) electrons. The molecule has 0 amide bonds. The van der Waals surface area contributed by atoms with Gasteiger partial charge in [0.1, 0.15) is 5.82 Å². The quantitative estimate of drug-likeness (QED) is 0.926. The van der Waals surface area contributed by atoms with E-state index in [0.717, 1.165) is 29.9 Å². The largest absolute Gasteiger partial charge is 0.365 e. The highest BCUT2D eigenvalue weighted by molar-refractivity contribution is 5.45. The summed E-state index contributed by atoms with van der Waals surface area (Å²) >= 11 is 0. The lowest BCUT2D eigenvalue weighted by atomic mass is 9.92. The van der Waals surface area contributed by atoms with Gasteiger partial charge in [0.2, 0.25) is 0 Å². The minimum Gasteiger partial charge on any atom is -0.365 e. The van der Waals surface area contributed by atoms with Gasteiger partial charge >= 0.3 is 0 Å². The summed E-state index contributed by atoms with van der Waals surface area (Å²) in [5, 5.41) is 17.1. The number of rotatable bonds is 4. The number of anilines is 1. The third-order valence-electron chi connectivity index (χ3n) is 6.13. The van der Waals surface area contributed by atoms with Gasteiger partial charge in [0.05, 0.1) is 0 Å². The fourth-order valence-corrected chi connectivity index (χ4v) is 4.59. The first-order valence-corrected chi connectivity index (χ1v) is 10.1. The molecule has 2 aliphatic carbocycles. The van der Waals surface area contributed by atoms with Gasteiger partial charge < -0.3 is 5.32 Å². The van der Waals surface area contributed by atoms with Crippen molar-refractivity contribution < 1.29 is 0 Å². The van der Waals surface area contributed by atoms with E-state index in [1.165, 1.54) is 64.3 Å². The standard InChI is InChI=1S/C19H28N6/c1-2-6-16(7-3-1)24-12-4-5-15(13-24)20-17-10-11-18-21-22-19(14-8-9-14)25(18)23-17/h10-11,14-16H,1-9,12-13H2,(H,20,23). The highest BCUT2D eigenvalue weighted by Gasteiger charge is 2.30. The monoisotopic (exact) mass is 340 g/mol. The number of hydrogen-bond acceptors (Lipinski definition) is 5. The van der Waals surface area contributed by atoms with E-state index in [0.29, 0.717) is 12.0 Å². The highest BCUT2D eigenvalue weighted by Crippen LogP contribution is 2.38. The van der Waals surface area contributed by atoms with Crippen LogP contribution >= 0.6 is 0 Å². The lowest BCUT2D eigenvalue weighted by Gasteiger charge is -2.40. The van der Waals surface area contributed by atoms with Crippen LogP contribution in [0.1, 0.15) is 69.5 Å². The molecule has 3 heterocycles. The minimum absolute atomic E-state index is 0.501. The zero-order chi connectivity index (χ0) is 16.6. The average Bonchev–Trinajstić information content (AvgIpc) is 3.42. The number of nitrogens with zero attached hydrogens (tertiary/aromatic N) is 5. The molecule has 134 valence electrons. The molecule has 25 heavy (non-hydrogen) atoms. The summed E-state index contributed by atoms with van der Waals surface area (Å²) in [6, 6.07) is 5.41. The van der Waals surface area contributed by atoms with Crippen LogP contribution in [0.5, 0.6) is 0 Å². The van der Waals surface area contributed by atoms with Gasteiger partial charge in [0.15, 0.2) is 11.5 Å². The molecule has 5 rings (SSSR count). The number of likely N-dealkylation sites (tertiary alicyclic amines) is 1. The van der Waals surface area contributed by atoms with Gasteiger partial charge in [-0.15, -0.1) is 15.3 Å². The zero-order valence-corrected chi connectivity index (χ0v) is 14.9. The van der Waals surface area contributed by atoms with Crippen LogP contribution in [0.3, 0.4) is 0 Å². The first-order valence-electron chi connectivity index (χ1n) is 10.1. The molecular formula is C19H28N6. The van der Waals surface area contributed by atoms with Crippen molar-refractivity contribution >= 4 is 11.5 Å². The Kier molecular flexibility index (Phi) is 4.08. The molecule has 6 heteroatoms. The van der Waals surface area contributed by atoms with Crippen LogP contribution in [0.15, 0.2) is 12.1 Å². The molecule has 2 aromatic rings. The summed E-state index contributed by atoms with van der Waals surface area (Å²) in [6.45, 7) is 2.43. The van der Waals surface area contributed by atoms with Crippen LogP contribution in [0.25, 0.3) is 5.65 Å². The smallest absolute Gasteiger partial charge is 0.178 e. The van der Waals surface area contributed by atoms with Crippen molar-refractivity contribution in [2.45, 2.75) is 75.8 Å². The maximum atomic E-state index is 4.79. The third-order valence-corrected chi connectivity index (χ3v) is 6.13. The molecule has 3 fully saturated rings. The Morgan fingerprint density at radius 2 is 1.80 bits per heavy atom. The molecule has 6 nitrogen and oxygen atoms in total. The Bertz CT molecular complexity index is 731. The molecule has 1 N–H and O–H groups in total. The molecule has 0 bridgehead atoms. The van der Waals surface area contributed by atoms with Crippen molar-refractivity contribution in [1.29, 1.82) is 0 Å². The fraction of sp³-hybridized carbons (Fsp3) is 0.737. The predicted octanol–water partition coefficient (Wildman–Crippen LogP) is 3.21. The van der Waals surface area contributed by atoms with E-state index in [1.807, 2.05) is 10.6 Å². The predicted molar refractivity (Wildman–Crippen MR) is 97.8 cm³/mol. The SMILES string of the molecule is c1cc2nnc(C3CC3)n2nc1NC1CCCN(C2CCCCC2)C1. The average molecular weight is 340 g/mol. The molecule has 0 spiro atoms. The normalized spacial score (nSPS) is 26.2. The second-order valence-corrected chi connectivity index (χ2v) is 8.09. The number of nitrogens with one attached hydrogen (secondary N) is 1. The van der Waals surface area contributed by atoms with Gasteiger partial charge in [-0.2, -0.15) is 4.52 Å². The van der Waals surface area contributed by atoms with E-state index < -0.39 is 0 Å². The molecule has 1 saturated heterocycles. The molecule has 2 saturated carbocycles. The van der Waals surface area contributed by atoms with Crippen molar-refractivity contribution in [2.24, 2.45) is 0 Å². The Balaban J connectivity index is 1.29. The summed E-state index contributed by atoms with van der Waals surface area (Å²) < 4.78 is 1.95. The van der Waals surface area contributed by atoms with Crippen LogP contribution in [0, 0.1) is 0 Å². The fourth-order valence-electron chi connectivity index (χ4n) is 4.59. The molecular weight excluding hydrogens is 312 g/mol. The summed E-state index contributed by atoms with van der Waals surface area (Å²) in [7, 11) is 0. The Hall–Kier alpha value is -1.69. The Morgan fingerprint density at radius 3 is 2.64 bits per heavy atom. The number of fused-ring (bicyclic) bond motifs is 1.